The van der Waals surface area contributed by atoms with Gasteiger partial charge in [-0.15, -0.1) is 0 Å². The van der Waals surface area contributed by atoms with Gasteiger partial charge in [-0.1, -0.05) is 0 Å². The minimum atomic E-state index is 0.343. The van der Waals surface area contributed by atoms with E-state index >= 15 is 0 Å². The molecule has 0 aromatic heterocycles. The van der Waals surface area contributed by atoms with Crippen LogP contribution in [0, 0.1) is 0 Å². The lowest BCUT2D eigenvalue weighted by molar-refractivity contribution is 0.103. The molecule has 18 heavy (non-hydrogen) atoms. The average molecular weight is 249 g/mol. The number of nitrogen functional groups attached to an aromatic ring is 1. The zero-order chi connectivity index (χ0) is 13.1. The maximum Gasteiger partial charge on any atom is 0.120 e. The van der Waals surface area contributed by atoms with Crippen LogP contribution in [0.25, 0.3) is 0 Å². The molecule has 1 fully saturated rings. The molecule has 1 saturated heterocycles. The van der Waals surface area contributed by atoms with Crippen LogP contribution in [0.2, 0.25) is 0 Å². The molecule has 1 aromatic carbocycles. The minimum absolute atomic E-state index is 0.343. The summed E-state index contributed by atoms with van der Waals surface area (Å²) < 4.78 is 0. The van der Waals surface area contributed by atoms with Gasteiger partial charge in [0.2, 0.25) is 0 Å². The van der Waals surface area contributed by atoms with E-state index in [1.165, 1.54) is 0 Å². The number of nitrogens with zero attached hydrogens (tertiary/aromatic N) is 2. The molecule has 4 nitrogen and oxygen atoms in total. The molecular formula is C14H23N3O. The van der Waals surface area contributed by atoms with E-state index in [0.29, 0.717) is 17.5 Å². The molecule has 0 spiro atoms. The Kier molecular flexibility index (Phi) is 4.09. The van der Waals surface area contributed by atoms with Crippen LogP contribution < -0.4 is 5.73 Å². The van der Waals surface area contributed by atoms with Gasteiger partial charge in [-0.25, -0.2) is 0 Å². The Bertz CT molecular complexity index is 398. The largest absolute Gasteiger partial charge is 0.508 e. The summed E-state index contributed by atoms with van der Waals surface area (Å²) in [5, 5.41) is 9.81. The third kappa shape index (κ3) is 3.15. The number of hydrogen-bond acceptors (Lipinski definition) is 4. The van der Waals surface area contributed by atoms with Crippen LogP contribution >= 0.6 is 0 Å². The highest BCUT2D eigenvalue weighted by Gasteiger charge is 2.19. The van der Waals surface area contributed by atoms with Crippen molar-refractivity contribution in [2.24, 2.45) is 0 Å². The Morgan fingerprint density at radius 1 is 1.22 bits per heavy atom. The van der Waals surface area contributed by atoms with Crippen molar-refractivity contribution in [2.45, 2.75) is 26.4 Å². The van der Waals surface area contributed by atoms with Gasteiger partial charge in [0.15, 0.2) is 0 Å². The van der Waals surface area contributed by atoms with Gasteiger partial charge in [-0.2, -0.15) is 0 Å². The highest BCUT2D eigenvalue weighted by atomic mass is 16.3. The van der Waals surface area contributed by atoms with Gasteiger partial charge in [-0.3, -0.25) is 9.80 Å². The molecule has 0 unspecified atom stereocenters. The van der Waals surface area contributed by atoms with E-state index in [2.05, 4.69) is 23.6 Å². The second kappa shape index (κ2) is 5.59. The van der Waals surface area contributed by atoms with Crippen LogP contribution in [0.3, 0.4) is 0 Å². The molecule has 100 valence electrons. The highest BCUT2D eigenvalue weighted by molar-refractivity contribution is 5.47. The zero-order valence-electron chi connectivity index (χ0n) is 11.3. The van der Waals surface area contributed by atoms with Gasteiger partial charge in [0.05, 0.1) is 0 Å². The Balaban J connectivity index is 1.93. The standard InChI is InChI=1S/C14H23N3O/c1-11(2)17-7-5-16(6-8-17)10-12-9-13(15)3-4-14(12)18/h3-4,9,11,18H,5-8,10,15H2,1-2H3. The van der Waals surface area contributed by atoms with Crippen LogP contribution in [-0.2, 0) is 6.54 Å². The monoisotopic (exact) mass is 249 g/mol. The second-order valence-electron chi connectivity index (χ2n) is 5.29. The van der Waals surface area contributed by atoms with E-state index in [1.807, 2.05) is 6.07 Å². The predicted molar refractivity (Wildman–Crippen MR) is 74.5 cm³/mol. The number of anilines is 1. The lowest BCUT2D eigenvalue weighted by atomic mass is 10.1. The summed E-state index contributed by atoms with van der Waals surface area (Å²) in [6.07, 6.45) is 0. The number of hydrogen-bond donors (Lipinski definition) is 2. The van der Waals surface area contributed by atoms with Crippen LogP contribution in [-0.4, -0.2) is 47.1 Å². The number of piperazine rings is 1. The summed E-state index contributed by atoms with van der Waals surface area (Å²) in [5.74, 6) is 0.343. The third-order valence-electron chi connectivity index (χ3n) is 3.63. The lowest BCUT2D eigenvalue weighted by Gasteiger charge is -2.37. The normalized spacial score (nSPS) is 18.4. The maximum absolute atomic E-state index is 9.81. The molecule has 4 heteroatoms. The molecular weight excluding hydrogens is 226 g/mol. The summed E-state index contributed by atoms with van der Waals surface area (Å²) in [6.45, 7) is 9.54. The molecule has 1 aliphatic heterocycles. The smallest absolute Gasteiger partial charge is 0.120 e. The summed E-state index contributed by atoms with van der Waals surface area (Å²) >= 11 is 0. The summed E-state index contributed by atoms with van der Waals surface area (Å²) in [5.41, 5.74) is 7.39. The Hall–Kier alpha value is -1.26. The number of phenolic OH excluding ortho intramolecular Hbond substituents is 1. The van der Waals surface area contributed by atoms with Crippen molar-refractivity contribution >= 4 is 5.69 Å². The average Bonchev–Trinajstić information content (AvgIpc) is 2.34. The SMILES string of the molecule is CC(C)N1CCN(Cc2cc(N)ccc2O)CC1. The Labute approximate surface area is 109 Å². The first-order valence-corrected chi connectivity index (χ1v) is 6.60. The fourth-order valence-corrected chi connectivity index (χ4v) is 2.41. The number of rotatable bonds is 3. The molecule has 0 aliphatic carbocycles. The Morgan fingerprint density at radius 3 is 2.50 bits per heavy atom. The van der Waals surface area contributed by atoms with Crippen molar-refractivity contribution in [2.75, 3.05) is 31.9 Å². The number of phenols is 1. The van der Waals surface area contributed by atoms with Crippen molar-refractivity contribution in [1.82, 2.24) is 9.80 Å². The number of aromatic hydroxyl groups is 1. The van der Waals surface area contributed by atoms with Crippen LogP contribution in [0.15, 0.2) is 18.2 Å². The van der Waals surface area contributed by atoms with Crippen molar-refractivity contribution < 1.29 is 5.11 Å². The summed E-state index contributed by atoms with van der Waals surface area (Å²) in [4.78, 5) is 4.85. The van der Waals surface area contributed by atoms with E-state index in [4.69, 9.17) is 5.73 Å². The summed E-state index contributed by atoms with van der Waals surface area (Å²) in [7, 11) is 0. The van der Waals surface area contributed by atoms with Crippen molar-refractivity contribution in [3.05, 3.63) is 23.8 Å². The van der Waals surface area contributed by atoms with Crippen molar-refractivity contribution in [3.8, 4) is 5.75 Å². The number of nitrogens with two attached hydrogens (primary N) is 1. The van der Waals surface area contributed by atoms with Crippen LogP contribution in [0.1, 0.15) is 19.4 Å². The fourth-order valence-electron chi connectivity index (χ4n) is 2.41. The van der Waals surface area contributed by atoms with Gasteiger partial charge >= 0.3 is 0 Å². The van der Waals surface area contributed by atoms with Gasteiger partial charge in [0.1, 0.15) is 5.75 Å². The topological polar surface area (TPSA) is 52.7 Å². The van der Waals surface area contributed by atoms with E-state index in [0.717, 1.165) is 38.3 Å². The van der Waals surface area contributed by atoms with Crippen LogP contribution in [0.4, 0.5) is 5.69 Å². The molecule has 2 rings (SSSR count). The molecule has 1 aromatic rings. The van der Waals surface area contributed by atoms with E-state index in [-0.39, 0.29) is 0 Å². The molecule has 0 radical (unpaired) electrons. The van der Waals surface area contributed by atoms with Gasteiger partial charge in [0, 0.05) is 50.0 Å². The van der Waals surface area contributed by atoms with E-state index in [9.17, 15) is 5.11 Å². The van der Waals surface area contributed by atoms with Crippen LogP contribution in [0.5, 0.6) is 5.75 Å². The first kappa shape index (κ1) is 13.2. The molecule has 0 bridgehead atoms. The van der Waals surface area contributed by atoms with Gasteiger partial charge in [0.25, 0.3) is 0 Å². The number of benzene rings is 1. The minimum Gasteiger partial charge on any atom is -0.508 e. The highest BCUT2D eigenvalue weighted by Crippen LogP contribution is 2.22. The van der Waals surface area contributed by atoms with Gasteiger partial charge < -0.3 is 10.8 Å². The molecule has 3 N–H and O–H groups in total. The quantitative estimate of drug-likeness (QED) is 0.629. The third-order valence-corrected chi connectivity index (χ3v) is 3.63. The zero-order valence-corrected chi connectivity index (χ0v) is 11.3. The van der Waals surface area contributed by atoms with Crippen molar-refractivity contribution in [1.29, 1.82) is 0 Å². The van der Waals surface area contributed by atoms with E-state index < -0.39 is 0 Å². The lowest BCUT2D eigenvalue weighted by Crippen LogP contribution is -2.48. The molecule has 1 aliphatic rings. The first-order chi connectivity index (χ1) is 8.56. The molecule has 0 amide bonds. The van der Waals surface area contributed by atoms with Gasteiger partial charge in [-0.05, 0) is 32.0 Å². The first-order valence-electron chi connectivity index (χ1n) is 6.60. The molecule has 0 atom stereocenters. The summed E-state index contributed by atoms with van der Waals surface area (Å²) in [6, 6.07) is 5.89. The Morgan fingerprint density at radius 2 is 1.89 bits per heavy atom. The fraction of sp³-hybridized carbons (Fsp3) is 0.571. The predicted octanol–water partition coefficient (Wildman–Crippen LogP) is 1.50. The molecule has 0 saturated carbocycles. The van der Waals surface area contributed by atoms with Crippen molar-refractivity contribution in [3.63, 3.8) is 0 Å². The maximum atomic E-state index is 9.81. The molecule has 1 heterocycles. The second-order valence-corrected chi connectivity index (χ2v) is 5.29. The van der Waals surface area contributed by atoms with E-state index in [1.54, 1.807) is 12.1 Å².